The Labute approximate surface area is 193 Å². The van der Waals surface area contributed by atoms with Crippen molar-refractivity contribution < 1.29 is 18.4 Å². The fourth-order valence-corrected chi connectivity index (χ4v) is 4.98. The van der Waals surface area contributed by atoms with Crippen molar-refractivity contribution >= 4 is 17.5 Å². The standard InChI is InChI=1S/C26H31F2N3O2/c1-17-15-30(11-12-31(17)26(33)20-5-3-4-6-20)16-21-13-23(28)14-24(18(21)2)29-25(32)19-7-9-22(27)10-8-19/h7-10,13-14,17,20H,3-6,11-12,15-16H2,1-2H3,(H,29,32)/t17-/m0/s1. The Balaban J connectivity index is 1.42. The van der Waals surface area contributed by atoms with Gasteiger partial charge in [0, 0.05) is 49.4 Å². The van der Waals surface area contributed by atoms with E-state index in [0.29, 0.717) is 24.3 Å². The topological polar surface area (TPSA) is 52.6 Å². The minimum atomic E-state index is -0.423. The second-order valence-electron chi connectivity index (χ2n) is 9.30. The molecule has 33 heavy (non-hydrogen) atoms. The molecular formula is C26H31F2N3O2. The van der Waals surface area contributed by atoms with Gasteiger partial charge in [-0.2, -0.15) is 0 Å². The molecule has 0 unspecified atom stereocenters. The molecule has 1 aliphatic heterocycles. The van der Waals surface area contributed by atoms with Gasteiger partial charge in [0.15, 0.2) is 0 Å². The third-order valence-corrected chi connectivity index (χ3v) is 6.93. The van der Waals surface area contributed by atoms with Crippen molar-refractivity contribution in [2.24, 2.45) is 5.92 Å². The molecular weight excluding hydrogens is 424 g/mol. The zero-order valence-electron chi connectivity index (χ0n) is 19.2. The predicted octanol–water partition coefficient (Wildman–Crippen LogP) is 4.75. The molecule has 1 atom stereocenters. The summed E-state index contributed by atoms with van der Waals surface area (Å²) >= 11 is 0. The average molecular weight is 456 g/mol. The predicted molar refractivity (Wildman–Crippen MR) is 124 cm³/mol. The number of piperazine rings is 1. The fourth-order valence-electron chi connectivity index (χ4n) is 4.98. The smallest absolute Gasteiger partial charge is 0.255 e. The minimum Gasteiger partial charge on any atom is -0.337 e. The molecule has 1 heterocycles. The summed E-state index contributed by atoms with van der Waals surface area (Å²) in [5.74, 6) is -0.797. The van der Waals surface area contributed by atoms with Crippen LogP contribution in [-0.4, -0.2) is 47.3 Å². The van der Waals surface area contributed by atoms with E-state index in [-0.39, 0.29) is 17.9 Å². The van der Waals surface area contributed by atoms with Gasteiger partial charge < -0.3 is 10.2 Å². The first kappa shape index (κ1) is 23.4. The Morgan fingerprint density at radius 2 is 1.73 bits per heavy atom. The van der Waals surface area contributed by atoms with Crippen LogP contribution >= 0.6 is 0 Å². The Kier molecular flexibility index (Phi) is 7.08. The number of carbonyl (C=O) groups excluding carboxylic acids is 2. The van der Waals surface area contributed by atoms with Gasteiger partial charge in [0.05, 0.1) is 0 Å². The summed E-state index contributed by atoms with van der Waals surface area (Å²) < 4.78 is 27.5. The molecule has 2 fully saturated rings. The van der Waals surface area contributed by atoms with Crippen molar-refractivity contribution in [2.75, 3.05) is 25.0 Å². The molecule has 1 N–H and O–H groups in total. The second-order valence-corrected chi connectivity index (χ2v) is 9.30. The average Bonchev–Trinajstić information content (AvgIpc) is 3.32. The van der Waals surface area contributed by atoms with Gasteiger partial charge >= 0.3 is 0 Å². The van der Waals surface area contributed by atoms with Crippen molar-refractivity contribution in [3.63, 3.8) is 0 Å². The van der Waals surface area contributed by atoms with E-state index >= 15 is 0 Å². The summed E-state index contributed by atoms with van der Waals surface area (Å²) in [6, 6.07) is 8.15. The van der Waals surface area contributed by atoms with Crippen molar-refractivity contribution in [1.82, 2.24) is 9.80 Å². The van der Waals surface area contributed by atoms with Gasteiger partial charge in [-0.25, -0.2) is 8.78 Å². The summed E-state index contributed by atoms with van der Waals surface area (Å²) in [6.07, 6.45) is 4.29. The number of nitrogens with zero attached hydrogens (tertiary/aromatic N) is 2. The Bertz CT molecular complexity index is 1020. The van der Waals surface area contributed by atoms with Crippen LogP contribution in [0.2, 0.25) is 0 Å². The number of amides is 2. The molecule has 2 amide bonds. The van der Waals surface area contributed by atoms with E-state index in [1.165, 1.54) is 36.4 Å². The van der Waals surface area contributed by atoms with E-state index < -0.39 is 17.5 Å². The minimum absolute atomic E-state index is 0.110. The van der Waals surface area contributed by atoms with Crippen LogP contribution in [0.1, 0.15) is 54.1 Å². The lowest BCUT2D eigenvalue weighted by Crippen LogP contribution is -2.54. The van der Waals surface area contributed by atoms with Crippen LogP contribution < -0.4 is 5.32 Å². The number of anilines is 1. The molecule has 2 aliphatic rings. The lowest BCUT2D eigenvalue weighted by atomic mass is 10.0. The first-order valence-corrected chi connectivity index (χ1v) is 11.7. The number of rotatable bonds is 5. The maximum atomic E-state index is 14.4. The quantitative estimate of drug-likeness (QED) is 0.708. The SMILES string of the molecule is Cc1c(CN2CCN(C(=O)C3CCCC3)[C@@H](C)C2)cc(F)cc1NC(=O)c1ccc(F)cc1. The summed E-state index contributed by atoms with van der Waals surface area (Å²) in [5, 5.41) is 2.75. The van der Waals surface area contributed by atoms with Gasteiger partial charge in [0.2, 0.25) is 5.91 Å². The van der Waals surface area contributed by atoms with E-state index in [0.717, 1.165) is 49.9 Å². The lowest BCUT2D eigenvalue weighted by molar-refractivity contribution is -0.140. The fraction of sp³-hybridized carbons (Fsp3) is 0.462. The highest BCUT2D eigenvalue weighted by Gasteiger charge is 2.33. The molecule has 1 aliphatic carbocycles. The Morgan fingerprint density at radius 1 is 1.03 bits per heavy atom. The van der Waals surface area contributed by atoms with Gasteiger partial charge in [-0.3, -0.25) is 14.5 Å². The monoisotopic (exact) mass is 455 g/mol. The van der Waals surface area contributed by atoms with Crippen molar-refractivity contribution in [1.29, 1.82) is 0 Å². The molecule has 0 spiro atoms. The van der Waals surface area contributed by atoms with E-state index in [4.69, 9.17) is 0 Å². The Morgan fingerprint density at radius 3 is 2.39 bits per heavy atom. The third-order valence-electron chi connectivity index (χ3n) is 6.93. The highest BCUT2D eigenvalue weighted by Crippen LogP contribution is 2.29. The van der Waals surface area contributed by atoms with Crippen molar-refractivity contribution in [3.05, 3.63) is 64.7 Å². The molecule has 176 valence electrons. The molecule has 5 nitrogen and oxygen atoms in total. The normalized spacial score (nSPS) is 19.6. The number of nitrogens with one attached hydrogen (secondary N) is 1. The largest absolute Gasteiger partial charge is 0.337 e. The number of benzene rings is 2. The maximum Gasteiger partial charge on any atom is 0.255 e. The number of carbonyl (C=O) groups is 2. The first-order valence-electron chi connectivity index (χ1n) is 11.7. The van der Waals surface area contributed by atoms with Crippen molar-refractivity contribution in [2.45, 2.75) is 52.1 Å². The summed E-state index contributed by atoms with van der Waals surface area (Å²) in [6.45, 7) is 6.61. The lowest BCUT2D eigenvalue weighted by Gasteiger charge is -2.41. The van der Waals surface area contributed by atoms with Gasteiger partial charge in [0.25, 0.3) is 5.91 Å². The molecule has 7 heteroatoms. The molecule has 0 bridgehead atoms. The van der Waals surface area contributed by atoms with Gasteiger partial charge in [-0.05, 0) is 74.2 Å². The van der Waals surface area contributed by atoms with E-state index in [1.807, 2.05) is 11.8 Å². The summed E-state index contributed by atoms with van der Waals surface area (Å²) in [7, 11) is 0. The van der Waals surface area contributed by atoms with Gasteiger partial charge in [0.1, 0.15) is 11.6 Å². The molecule has 1 saturated heterocycles. The number of hydrogen-bond donors (Lipinski definition) is 1. The van der Waals surface area contributed by atoms with Crippen molar-refractivity contribution in [3.8, 4) is 0 Å². The summed E-state index contributed by atoms with van der Waals surface area (Å²) in [4.78, 5) is 29.6. The zero-order valence-corrected chi connectivity index (χ0v) is 19.2. The maximum absolute atomic E-state index is 14.4. The van der Waals surface area contributed by atoms with Crippen LogP contribution in [-0.2, 0) is 11.3 Å². The van der Waals surface area contributed by atoms with Gasteiger partial charge in [-0.1, -0.05) is 12.8 Å². The van der Waals surface area contributed by atoms with Crippen LogP contribution in [0.5, 0.6) is 0 Å². The van der Waals surface area contributed by atoms with Crippen LogP contribution in [0.15, 0.2) is 36.4 Å². The molecule has 2 aromatic carbocycles. The molecule has 1 saturated carbocycles. The third kappa shape index (κ3) is 5.41. The summed E-state index contributed by atoms with van der Waals surface area (Å²) in [5.41, 5.74) is 2.30. The molecule has 2 aromatic rings. The van der Waals surface area contributed by atoms with E-state index in [1.54, 1.807) is 0 Å². The molecule has 4 rings (SSSR count). The van der Waals surface area contributed by atoms with Crippen LogP contribution in [0, 0.1) is 24.5 Å². The van der Waals surface area contributed by atoms with Gasteiger partial charge in [-0.15, -0.1) is 0 Å². The highest BCUT2D eigenvalue weighted by atomic mass is 19.1. The molecule has 0 aromatic heterocycles. The van der Waals surface area contributed by atoms with E-state index in [9.17, 15) is 18.4 Å². The van der Waals surface area contributed by atoms with Crippen LogP contribution in [0.25, 0.3) is 0 Å². The van der Waals surface area contributed by atoms with E-state index in [2.05, 4.69) is 17.1 Å². The van der Waals surface area contributed by atoms with Crippen LogP contribution in [0.4, 0.5) is 14.5 Å². The highest BCUT2D eigenvalue weighted by molar-refractivity contribution is 6.04. The Hall–Kier alpha value is -2.80. The number of hydrogen-bond acceptors (Lipinski definition) is 3. The second kappa shape index (κ2) is 10.00. The first-order chi connectivity index (χ1) is 15.8. The van der Waals surface area contributed by atoms with Crippen LogP contribution in [0.3, 0.4) is 0 Å². The number of halogens is 2. The zero-order chi connectivity index (χ0) is 23.5. The molecule has 0 radical (unpaired) electrons.